The lowest BCUT2D eigenvalue weighted by atomic mass is 9.95. The van der Waals surface area contributed by atoms with Crippen LogP contribution in [0.2, 0.25) is 5.15 Å². The smallest absolute Gasteiger partial charge is 0.223 e. The van der Waals surface area contributed by atoms with Crippen molar-refractivity contribution < 1.29 is 4.79 Å². The van der Waals surface area contributed by atoms with E-state index in [1.54, 1.807) is 12.4 Å². The lowest BCUT2D eigenvalue weighted by Gasteiger charge is -2.33. The molecule has 0 radical (unpaired) electrons. The van der Waals surface area contributed by atoms with E-state index >= 15 is 0 Å². The van der Waals surface area contributed by atoms with E-state index in [1.807, 2.05) is 44.6 Å². The van der Waals surface area contributed by atoms with Gasteiger partial charge in [-0.05, 0) is 51.2 Å². The third kappa shape index (κ3) is 5.11. The maximum absolute atomic E-state index is 12.5. The fourth-order valence-corrected chi connectivity index (χ4v) is 4.10. The third-order valence-electron chi connectivity index (χ3n) is 5.66. The van der Waals surface area contributed by atoms with E-state index in [4.69, 9.17) is 16.6 Å². The van der Waals surface area contributed by atoms with Crippen LogP contribution >= 0.6 is 11.6 Å². The van der Waals surface area contributed by atoms with Crippen LogP contribution in [0.4, 0.5) is 5.82 Å². The standard InChI is InChI=1S/C23H27ClN6O/c1-29(2)12-9-27-23(31)16-5-10-30(11-6-16)22-19-4-7-25-15-18(19)13-20(28-22)17-3-8-26-21(24)14-17/h3-4,7-8,13-16H,5-6,9-12H2,1-2H3,(H,27,31). The molecule has 7 nitrogen and oxygen atoms in total. The van der Waals surface area contributed by atoms with Gasteiger partial charge in [-0.25, -0.2) is 9.97 Å². The van der Waals surface area contributed by atoms with E-state index < -0.39 is 0 Å². The van der Waals surface area contributed by atoms with Gasteiger partial charge in [0.1, 0.15) is 11.0 Å². The summed E-state index contributed by atoms with van der Waals surface area (Å²) in [7, 11) is 4.01. The van der Waals surface area contributed by atoms with Gasteiger partial charge in [0.25, 0.3) is 0 Å². The van der Waals surface area contributed by atoms with Gasteiger partial charge in [-0.3, -0.25) is 9.78 Å². The van der Waals surface area contributed by atoms with Crippen molar-refractivity contribution in [1.82, 2.24) is 25.2 Å². The molecule has 0 spiro atoms. The Morgan fingerprint density at radius 1 is 1.23 bits per heavy atom. The molecule has 31 heavy (non-hydrogen) atoms. The number of hydrogen-bond acceptors (Lipinski definition) is 6. The topological polar surface area (TPSA) is 74.2 Å². The molecule has 162 valence electrons. The van der Waals surface area contributed by atoms with Crippen molar-refractivity contribution in [2.24, 2.45) is 5.92 Å². The molecule has 1 N–H and O–H groups in total. The fourth-order valence-electron chi connectivity index (χ4n) is 3.93. The van der Waals surface area contributed by atoms with Crippen LogP contribution in [-0.2, 0) is 4.79 Å². The molecule has 1 aliphatic heterocycles. The normalized spacial score (nSPS) is 14.9. The molecule has 0 saturated carbocycles. The minimum absolute atomic E-state index is 0.0496. The van der Waals surface area contributed by atoms with Gasteiger partial charge in [0.2, 0.25) is 5.91 Å². The molecular formula is C23H27ClN6O. The molecule has 0 unspecified atom stereocenters. The summed E-state index contributed by atoms with van der Waals surface area (Å²) in [6, 6.07) is 7.76. The largest absolute Gasteiger partial charge is 0.356 e. The van der Waals surface area contributed by atoms with Crippen LogP contribution in [0.3, 0.4) is 0 Å². The summed E-state index contributed by atoms with van der Waals surface area (Å²) in [6.07, 6.45) is 6.97. The predicted molar refractivity (Wildman–Crippen MR) is 124 cm³/mol. The number of nitrogens with one attached hydrogen (secondary N) is 1. The molecule has 4 rings (SSSR count). The van der Waals surface area contributed by atoms with Crippen molar-refractivity contribution in [2.75, 3.05) is 45.2 Å². The minimum Gasteiger partial charge on any atom is -0.356 e. The molecule has 0 aliphatic carbocycles. The highest BCUT2D eigenvalue weighted by Crippen LogP contribution is 2.32. The molecule has 0 bridgehead atoms. The fraction of sp³-hybridized carbons (Fsp3) is 0.391. The van der Waals surface area contributed by atoms with Crippen molar-refractivity contribution in [3.05, 3.63) is 48.0 Å². The van der Waals surface area contributed by atoms with Crippen LogP contribution in [0.5, 0.6) is 0 Å². The van der Waals surface area contributed by atoms with Crippen LogP contribution in [0.15, 0.2) is 42.9 Å². The van der Waals surface area contributed by atoms with E-state index in [9.17, 15) is 4.79 Å². The zero-order chi connectivity index (χ0) is 21.8. The molecule has 1 aliphatic rings. The number of fused-ring (bicyclic) bond motifs is 1. The zero-order valence-corrected chi connectivity index (χ0v) is 18.6. The molecule has 3 aromatic heterocycles. The third-order valence-corrected chi connectivity index (χ3v) is 5.86. The Hall–Kier alpha value is -2.77. The molecule has 4 heterocycles. The molecule has 1 saturated heterocycles. The van der Waals surface area contributed by atoms with Crippen molar-refractivity contribution in [1.29, 1.82) is 0 Å². The summed E-state index contributed by atoms with van der Waals surface area (Å²) in [4.78, 5) is 30.2. The van der Waals surface area contributed by atoms with E-state index in [2.05, 4.69) is 25.1 Å². The van der Waals surface area contributed by atoms with Crippen molar-refractivity contribution in [3.63, 3.8) is 0 Å². The van der Waals surface area contributed by atoms with E-state index in [-0.39, 0.29) is 11.8 Å². The average Bonchev–Trinajstić information content (AvgIpc) is 2.78. The maximum Gasteiger partial charge on any atom is 0.223 e. The van der Waals surface area contributed by atoms with Gasteiger partial charge in [0.15, 0.2) is 0 Å². The first kappa shape index (κ1) is 21.5. The first-order valence-electron chi connectivity index (χ1n) is 10.6. The van der Waals surface area contributed by atoms with Gasteiger partial charge in [0, 0.05) is 67.0 Å². The Kier molecular flexibility index (Phi) is 6.63. The van der Waals surface area contributed by atoms with Gasteiger partial charge in [-0.1, -0.05) is 11.6 Å². The van der Waals surface area contributed by atoms with Crippen LogP contribution in [0.25, 0.3) is 22.0 Å². The highest BCUT2D eigenvalue weighted by Gasteiger charge is 2.26. The summed E-state index contributed by atoms with van der Waals surface area (Å²) in [5, 5.41) is 5.59. The number of likely N-dealkylation sites (N-methyl/N-ethyl adjacent to an activating group) is 1. The number of aromatic nitrogens is 3. The second-order valence-corrected chi connectivity index (χ2v) is 8.54. The second-order valence-electron chi connectivity index (χ2n) is 8.15. The molecule has 0 atom stereocenters. The summed E-state index contributed by atoms with van der Waals surface area (Å²) >= 11 is 6.10. The monoisotopic (exact) mass is 438 g/mol. The van der Waals surface area contributed by atoms with Crippen LogP contribution in [-0.4, -0.2) is 66.0 Å². The Morgan fingerprint density at radius 3 is 2.77 bits per heavy atom. The first-order valence-corrected chi connectivity index (χ1v) is 10.9. The van der Waals surface area contributed by atoms with Crippen molar-refractivity contribution in [2.45, 2.75) is 12.8 Å². The number of piperidine rings is 1. The zero-order valence-electron chi connectivity index (χ0n) is 17.9. The summed E-state index contributed by atoms with van der Waals surface area (Å²) < 4.78 is 0. The van der Waals surface area contributed by atoms with Gasteiger partial charge < -0.3 is 15.1 Å². The molecule has 8 heteroatoms. The quantitative estimate of drug-likeness (QED) is 0.595. The van der Waals surface area contributed by atoms with Crippen LogP contribution < -0.4 is 10.2 Å². The lowest BCUT2D eigenvalue weighted by molar-refractivity contribution is -0.125. The van der Waals surface area contributed by atoms with Crippen molar-refractivity contribution >= 4 is 34.1 Å². The SMILES string of the molecule is CN(C)CCNC(=O)C1CCN(c2nc(-c3ccnc(Cl)c3)cc3cnccc23)CC1. The summed E-state index contributed by atoms with van der Waals surface area (Å²) in [5.74, 6) is 1.13. The highest BCUT2D eigenvalue weighted by atomic mass is 35.5. The van der Waals surface area contributed by atoms with Gasteiger partial charge in [-0.2, -0.15) is 0 Å². The molecule has 1 fully saturated rings. The highest BCUT2D eigenvalue weighted by molar-refractivity contribution is 6.29. The van der Waals surface area contributed by atoms with E-state index in [0.29, 0.717) is 11.7 Å². The van der Waals surface area contributed by atoms with Gasteiger partial charge >= 0.3 is 0 Å². The lowest BCUT2D eigenvalue weighted by Crippen LogP contribution is -2.42. The Bertz CT molecular complexity index is 1060. The number of carbonyl (C=O) groups is 1. The number of halogens is 1. The maximum atomic E-state index is 12.5. The molecule has 3 aromatic rings. The van der Waals surface area contributed by atoms with E-state index in [1.165, 1.54) is 0 Å². The van der Waals surface area contributed by atoms with Gasteiger partial charge in [0.05, 0.1) is 5.69 Å². The number of rotatable bonds is 6. The summed E-state index contributed by atoms with van der Waals surface area (Å²) in [6.45, 7) is 3.11. The summed E-state index contributed by atoms with van der Waals surface area (Å²) in [5.41, 5.74) is 1.76. The number of hydrogen-bond donors (Lipinski definition) is 1. The Morgan fingerprint density at radius 2 is 2.03 bits per heavy atom. The van der Waals surface area contributed by atoms with E-state index in [0.717, 1.165) is 60.3 Å². The van der Waals surface area contributed by atoms with Crippen LogP contribution in [0, 0.1) is 5.92 Å². The second kappa shape index (κ2) is 9.58. The van der Waals surface area contributed by atoms with Gasteiger partial charge in [-0.15, -0.1) is 0 Å². The Balaban J connectivity index is 1.54. The number of carbonyl (C=O) groups excluding carboxylic acids is 1. The molecular weight excluding hydrogens is 412 g/mol. The Labute approximate surface area is 187 Å². The number of nitrogens with zero attached hydrogens (tertiary/aromatic N) is 5. The number of amides is 1. The number of anilines is 1. The predicted octanol–water partition coefficient (Wildman–Crippen LogP) is 3.24. The first-order chi connectivity index (χ1) is 15.0. The van der Waals surface area contributed by atoms with Crippen molar-refractivity contribution in [3.8, 4) is 11.3 Å². The average molecular weight is 439 g/mol. The minimum atomic E-state index is 0.0496. The molecule has 0 aromatic carbocycles. The molecule has 1 amide bonds. The van der Waals surface area contributed by atoms with Crippen LogP contribution in [0.1, 0.15) is 12.8 Å². The number of pyridine rings is 3.